The molecule has 4 aliphatic heterocycles. The average Bonchev–Trinajstić information content (AvgIpc) is 1.80. The van der Waals surface area contributed by atoms with Crippen molar-refractivity contribution in [2.75, 3.05) is 218 Å². The number of nitrogens with two attached hydrogens (primary N) is 2. The second kappa shape index (κ2) is 73.3. The van der Waals surface area contributed by atoms with E-state index in [1.165, 1.54) is 7.11 Å². The van der Waals surface area contributed by atoms with Gasteiger partial charge in [0.2, 0.25) is 53.2 Å². The van der Waals surface area contributed by atoms with Gasteiger partial charge in [0.05, 0.1) is 198 Å². The zero-order valence-corrected chi connectivity index (χ0v) is 64.1. The van der Waals surface area contributed by atoms with Gasteiger partial charge in [0.1, 0.15) is 17.2 Å². The second-order valence-electron chi connectivity index (χ2n) is 24.4. The normalized spacial score (nSPS) is 13.5. The van der Waals surface area contributed by atoms with Gasteiger partial charge in [0, 0.05) is 110 Å². The number of hydrazine groups is 3. The molecule has 0 aromatic heterocycles. The fraction of sp³-hybridized carbons (Fsp3) is 0.775. The molecule has 44 nitrogen and oxygen atoms in total. The Morgan fingerprint density at radius 3 is 0.948 bits per heavy atom. The van der Waals surface area contributed by atoms with E-state index in [4.69, 9.17) is 72.3 Å². The van der Waals surface area contributed by atoms with Gasteiger partial charge in [-0.15, -0.1) is 5.06 Å². The molecular formula is C71H131N13O31. The van der Waals surface area contributed by atoms with Crippen LogP contribution >= 0.6 is 0 Å². The summed E-state index contributed by atoms with van der Waals surface area (Å²) < 4.78 is 73.0. The van der Waals surface area contributed by atoms with Crippen LogP contribution in [0.4, 0.5) is 9.59 Å². The Bertz CT molecular complexity index is 2740. The van der Waals surface area contributed by atoms with Gasteiger partial charge in [-0.05, 0) is 20.8 Å². The van der Waals surface area contributed by atoms with Gasteiger partial charge in [-0.25, -0.2) is 31.5 Å². The number of methoxy groups -OCH3 is 1. The Labute approximate surface area is 673 Å². The SMILES string of the molecule is C.C.C.C.CC(C)(C)OC(=O)NNC(=O)CCOCCOCCOCCOCCNCC(=O)CCN1C(=O)CCC1=O.COC(=O)NN.NNC(=O)CCOCCOCCOCCOCCNCC(=O)CCN1C(=O)CCC1=O.O=C(CCN1C(=O)CCC1=O)NCCOCCOCCOCCOCCC(=O)ON1C(=O)CCC1=O. The number of imide groups is 4. The zero-order valence-electron chi connectivity index (χ0n) is 64.1. The van der Waals surface area contributed by atoms with Gasteiger partial charge in [-0.3, -0.25) is 93.3 Å². The molecule has 0 aromatic rings. The lowest BCUT2D eigenvalue weighted by atomic mass is 10.2. The highest BCUT2D eigenvalue weighted by Gasteiger charge is 2.34. The van der Waals surface area contributed by atoms with Crippen molar-refractivity contribution >= 4 is 94.7 Å². The summed E-state index contributed by atoms with van der Waals surface area (Å²) in [5.74, 6) is 5.40. The molecule has 11 N–H and O–H groups in total. The van der Waals surface area contributed by atoms with Crippen molar-refractivity contribution in [1.82, 2.24) is 57.4 Å². The molecule has 13 amide bonds. The average molecular weight is 1660 g/mol. The molecule has 0 aromatic carbocycles. The molecule has 4 heterocycles. The maximum Gasteiger partial charge on any atom is 0.426 e. The van der Waals surface area contributed by atoms with Crippen LogP contribution in [-0.2, 0) is 138 Å². The molecule has 0 aliphatic carbocycles. The minimum Gasteiger partial charge on any atom is -0.452 e. The van der Waals surface area contributed by atoms with Crippen LogP contribution in [0.25, 0.3) is 0 Å². The molecule has 4 rings (SSSR count). The van der Waals surface area contributed by atoms with E-state index in [9.17, 15) is 76.7 Å². The summed E-state index contributed by atoms with van der Waals surface area (Å²) >= 11 is 0. The largest absolute Gasteiger partial charge is 0.452 e. The van der Waals surface area contributed by atoms with Crippen molar-refractivity contribution in [3.05, 3.63) is 0 Å². The molecule has 0 unspecified atom stereocenters. The monoisotopic (exact) mass is 1660 g/mol. The summed E-state index contributed by atoms with van der Waals surface area (Å²) in [6, 6.07) is 0. The van der Waals surface area contributed by atoms with Gasteiger partial charge >= 0.3 is 18.2 Å². The van der Waals surface area contributed by atoms with Crippen molar-refractivity contribution in [2.24, 2.45) is 11.7 Å². The molecule has 0 bridgehead atoms. The minimum atomic E-state index is -0.736. The Kier molecular flexibility index (Phi) is 72.0. The van der Waals surface area contributed by atoms with Crippen molar-refractivity contribution in [1.29, 1.82) is 0 Å². The summed E-state index contributed by atoms with van der Waals surface area (Å²) in [4.78, 5) is 190. The van der Waals surface area contributed by atoms with Crippen molar-refractivity contribution in [3.63, 3.8) is 0 Å². The summed E-state index contributed by atoms with van der Waals surface area (Å²) in [5, 5.41) is 9.10. The molecule has 4 aliphatic rings. The number of carbonyl (C=O) groups is 16. The number of ether oxygens (including phenoxy) is 14. The van der Waals surface area contributed by atoms with Gasteiger partial charge < -0.3 is 87.1 Å². The first kappa shape index (κ1) is 113. The number of hydrogen-bond donors (Lipinski definition) is 9. The lowest BCUT2D eigenvalue weighted by Gasteiger charge is -2.19. The Morgan fingerprint density at radius 2 is 0.635 bits per heavy atom. The lowest BCUT2D eigenvalue weighted by Crippen LogP contribution is -2.44. The first-order valence-corrected chi connectivity index (χ1v) is 36.3. The molecular weight excluding hydrogens is 1530 g/mol. The number of nitrogens with zero attached hydrogens (tertiary/aromatic N) is 4. The summed E-state index contributed by atoms with van der Waals surface area (Å²) in [5.41, 5.74) is 7.52. The predicted molar refractivity (Wildman–Crippen MR) is 408 cm³/mol. The van der Waals surface area contributed by atoms with E-state index in [1.807, 2.05) is 5.43 Å². The van der Waals surface area contributed by atoms with Crippen LogP contribution in [0.3, 0.4) is 0 Å². The molecule has 4 fully saturated rings. The smallest absolute Gasteiger partial charge is 0.426 e. The van der Waals surface area contributed by atoms with E-state index < -0.39 is 41.5 Å². The highest BCUT2D eigenvalue weighted by Crippen LogP contribution is 2.15. The van der Waals surface area contributed by atoms with Crippen LogP contribution in [0.5, 0.6) is 0 Å². The second-order valence-corrected chi connectivity index (χ2v) is 24.4. The standard InChI is InChI=1S/C24H42N4O10.C22H33N3O11.C19H34N4O8.C2H6N2O2.4CH4/c1-24(2,3)38-23(33)27-26-20(30)7-10-34-12-14-36-16-17-37-15-13-35-11-8-25-18-19(29)6-9-28-21(31)4-5-22(28)32;26-17(5-8-24-18(27)1-2-19(24)28)23-7-10-33-12-14-35-16-15-34-13-11-32-9-6-22(31)36-25-20(29)3-4-21(25)30;20-22-17(25)4-7-28-9-11-30-13-14-31-12-10-29-8-5-21-15-16(24)3-6-23-18(26)1-2-19(23)27;1-6-2(5)4-3;;;;/h25H,4-18H2,1-3H3,(H,26,30)(H,27,33);1-16H2,(H,23,26);21H,1-15,20H2,(H,22,25);3H2,1H3,(H,4,5);4*1H4. The first-order chi connectivity index (χ1) is 53.3. The quantitative estimate of drug-likeness (QED) is 0.0108. The van der Waals surface area contributed by atoms with E-state index in [2.05, 4.69) is 37.4 Å². The summed E-state index contributed by atoms with van der Waals surface area (Å²) in [7, 11) is 1.24. The molecule has 44 heteroatoms. The number of carbonyl (C=O) groups excluding carboxylic acids is 16. The number of likely N-dealkylation sites (tertiary alicyclic amines) is 3. The maximum absolute atomic E-state index is 11.8. The molecule has 0 spiro atoms. The zero-order chi connectivity index (χ0) is 82.1. The van der Waals surface area contributed by atoms with E-state index in [-0.39, 0.29) is 231 Å². The third kappa shape index (κ3) is 62.6. The first-order valence-electron chi connectivity index (χ1n) is 36.3. The van der Waals surface area contributed by atoms with E-state index in [1.54, 1.807) is 26.2 Å². The fourth-order valence-corrected chi connectivity index (χ4v) is 8.77. The van der Waals surface area contributed by atoms with E-state index >= 15 is 0 Å². The van der Waals surface area contributed by atoms with Crippen LogP contribution in [0.2, 0.25) is 0 Å². The number of Topliss-reactive ketones (excluding diaryl/α,β-unsaturated/α-hetero) is 2. The highest BCUT2D eigenvalue weighted by molar-refractivity contribution is 6.04. The predicted octanol–water partition coefficient (Wildman–Crippen LogP) is -1.71. The number of hydrogen-bond acceptors (Lipinski definition) is 35. The van der Waals surface area contributed by atoms with Gasteiger partial charge in [-0.1, -0.05) is 29.7 Å². The van der Waals surface area contributed by atoms with Crippen LogP contribution < -0.4 is 49.3 Å². The Morgan fingerprint density at radius 1 is 0.339 bits per heavy atom. The van der Waals surface area contributed by atoms with Crippen molar-refractivity contribution in [3.8, 4) is 0 Å². The molecule has 666 valence electrons. The maximum atomic E-state index is 11.8. The van der Waals surface area contributed by atoms with E-state index in [0.717, 1.165) is 14.7 Å². The van der Waals surface area contributed by atoms with Gasteiger partial charge in [0.25, 0.3) is 11.8 Å². The van der Waals surface area contributed by atoms with Crippen LogP contribution in [0.1, 0.15) is 140 Å². The molecule has 0 atom stereocenters. The number of hydroxylamine groups is 2. The lowest BCUT2D eigenvalue weighted by molar-refractivity contribution is -0.198. The van der Waals surface area contributed by atoms with E-state index in [0.29, 0.717) is 163 Å². The number of nitrogens with one attached hydrogen (secondary N) is 7. The van der Waals surface area contributed by atoms with Gasteiger partial charge in [-0.2, -0.15) is 0 Å². The Balaban J connectivity index is -0.000000764. The third-order valence-electron chi connectivity index (χ3n) is 14.4. The third-order valence-corrected chi connectivity index (χ3v) is 14.4. The highest BCUT2D eigenvalue weighted by atomic mass is 16.7. The van der Waals surface area contributed by atoms with Crippen molar-refractivity contribution < 1.29 is 148 Å². The molecule has 0 radical (unpaired) electrons. The van der Waals surface area contributed by atoms with Crippen LogP contribution in [0.15, 0.2) is 0 Å². The molecule has 115 heavy (non-hydrogen) atoms. The Hall–Kier alpha value is -8.32. The summed E-state index contributed by atoms with van der Waals surface area (Å²) in [6.07, 6.45) is 0.701. The van der Waals surface area contributed by atoms with Gasteiger partial charge in [0.15, 0.2) is 0 Å². The molecule has 0 saturated carbocycles. The molecule has 4 saturated heterocycles. The van der Waals surface area contributed by atoms with Crippen molar-refractivity contribution in [2.45, 2.75) is 146 Å². The number of rotatable bonds is 59. The minimum absolute atomic E-state index is 0. The number of amides is 13. The van der Waals surface area contributed by atoms with Crippen LogP contribution in [-0.4, -0.2) is 338 Å². The van der Waals surface area contributed by atoms with Crippen LogP contribution in [0, 0.1) is 0 Å². The topological polar surface area (TPSA) is 561 Å². The fourth-order valence-electron chi connectivity index (χ4n) is 8.77. The number of ketones is 2. The summed E-state index contributed by atoms with van der Waals surface area (Å²) in [6.45, 7) is 15.8.